The fourth-order valence-electron chi connectivity index (χ4n) is 4.50. The van der Waals surface area contributed by atoms with E-state index >= 15 is 0 Å². The summed E-state index contributed by atoms with van der Waals surface area (Å²) in [6, 6.07) is 9.24. The van der Waals surface area contributed by atoms with Crippen molar-refractivity contribution in [3.8, 4) is 0 Å². The quantitative estimate of drug-likeness (QED) is 0.805. The SMILES string of the molecule is Cc1cc([C@H]2[C@@H](c3ccccn3)NC(=S)N2C2CCCCC2)c(C)[nH]1. The molecule has 4 nitrogen and oxygen atoms in total. The molecule has 1 saturated heterocycles. The molecule has 2 aromatic rings. The highest BCUT2D eigenvalue weighted by Gasteiger charge is 2.43. The lowest BCUT2D eigenvalue weighted by Crippen LogP contribution is -2.40. The molecule has 2 fully saturated rings. The van der Waals surface area contributed by atoms with Crippen molar-refractivity contribution in [3.05, 3.63) is 53.1 Å². The van der Waals surface area contributed by atoms with E-state index in [4.69, 9.17) is 12.2 Å². The first-order valence-electron chi connectivity index (χ1n) is 9.31. The van der Waals surface area contributed by atoms with Gasteiger partial charge >= 0.3 is 0 Å². The smallest absolute Gasteiger partial charge is 0.170 e. The molecule has 2 N–H and O–H groups in total. The third-order valence-corrected chi connectivity index (χ3v) is 5.94. The maximum atomic E-state index is 5.80. The van der Waals surface area contributed by atoms with Crippen molar-refractivity contribution in [2.24, 2.45) is 0 Å². The molecule has 0 bridgehead atoms. The van der Waals surface area contributed by atoms with E-state index in [0.717, 1.165) is 10.8 Å². The molecule has 0 aromatic carbocycles. The highest BCUT2D eigenvalue weighted by Crippen LogP contribution is 2.43. The molecule has 3 heterocycles. The lowest BCUT2D eigenvalue weighted by atomic mass is 9.90. The van der Waals surface area contributed by atoms with Crippen molar-refractivity contribution in [1.29, 1.82) is 0 Å². The maximum absolute atomic E-state index is 5.80. The number of aromatic amines is 1. The summed E-state index contributed by atoms with van der Waals surface area (Å²) >= 11 is 5.80. The molecule has 0 radical (unpaired) electrons. The number of thiocarbonyl (C=S) groups is 1. The molecule has 0 unspecified atom stereocenters. The number of H-pyrrole nitrogens is 1. The van der Waals surface area contributed by atoms with Gasteiger partial charge in [0.2, 0.25) is 0 Å². The van der Waals surface area contributed by atoms with E-state index in [2.05, 4.69) is 52.2 Å². The van der Waals surface area contributed by atoms with Gasteiger partial charge < -0.3 is 15.2 Å². The Hall–Kier alpha value is -1.88. The van der Waals surface area contributed by atoms with Crippen LogP contribution in [-0.4, -0.2) is 26.0 Å². The maximum Gasteiger partial charge on any atom is 0.170 e. The van der Waals surface area contributed by atoms with Crippen LogP contribution in [0, 0.1) is 13.8 Å². The first kappa shape index (κ1) is 16.6. The average molecular weight is 355 g/mol. The van der Waals surface area contributed by atoms with Crippen LogP contribution in [0.15, 0.2) is 30.5 Å². The third kappa shape index (κ3) is 3.06. The van der Waals surface area contributed by atoms with Gasteiger partial charge in [-0.3, -0.25) is 4.98 Å². The zero-order chi connectivity index (χ0) is 17.4. The minimum atomic E-state index is 0.101. The van der Waals surface area contributed by atoms with Crippen LogP contribution in [0.1, 0.15) is 66.8 Å². The summed E-state index contributed by atoms with van der Waals surface area (Å²) in [5.41, 5.74) is 4.84. The second kappa shape index (κ2) is 6.79. The molecule has 5 heteroatoms. The zero-order valence-electron chi connectivity index (χ0n) is 15.0. The molecule has 4 rings (SSSR count). The Balaban J connectivity index is 1.77. The van der Waals surface area contributed by atoms with Crippen LogP contribution in [0.3, 0.4) is 0 Å². The number of nitrogens with one attached hydrogen (secondary N) is 2. The topological polar surface area (TPSA) is 44.0 Å². The Labute approximate surface area is 155 Å². The normalized spacial score (nSPS) is 24.6. The van der Waals surface area contributed by atoms with Gasteiger partial charge in [-0.15, -0.1) is 0 Å². The number of nitrogens with zero attached hydrogens (tertiary/aromatic N) is 2. The lowest BCUT2D eigenvalue weighted by Gasteiger charge is -2.37. The highest BCUT2D eigenvalue weighted by molar-refractivity contribution is 7.80. The Morgan fingerprint density at radius 1 is 1.16 bits per heavy atom. The highest BCUT2D eigenvalue weighted by atomic mass is 32.1. The summed E-state index contributed by atoms with van der Waals surface area (Å²) in [5, 5.41) is 4.46. The molecule has 1 saturated carbocycles. The summed E-state index contributed by atoms with van der Waals surface area (Å²) < 4.78 is 0. The van der Waals surface area contributed by atoms with Crippen LogP contribution in [0.5, 0.6) is 0 Å². The summed E-state index contributed by atoms with van der Waals surface area (Å²) in [6.07, 6.45) is 8.29. The molecule has 25 heavy (non-hydrogen) atoms. The largest absolute Gasteiger partial charge is 0.362 e. The minimum absolute atomic E-state index is 0.101. The molecule has 1 aliphatic heterocycles. The predicted molar refractivity (Wildman–Crippen MR) is 104 cm³/mol. The van der Waals surface area contributed by atoms with E-state index in [1.807, 2.05) is 12.3 Å². The van der Waals surface area contributed by atoms with E-state index in [0.29, 0.717) is 6.04 Å². The standard InChI is InChI=1S/C20H26N4S/c1-13-12-16(14(2)22-13)19-18(17-10-6-7-11-21-17)23-20(25)24(19)15-8-4-3-5-9-15/h6-7,10-12,15,18-19,22H,3-5,8-9H2,1-2H3,(H,23,25)/t18-,19+/m1/s1. The number of pyridine rings is 1. The molecular formula is C20H26N4S. The van der Waals surface area contributed by atoms with Gasteiger partial charge in [0.1, 0.15) is 0 Å². The number of rotatable bonds is 3. The Bertz CT molecular complexity index is 748. The average Bonchev–Trinajstić information content (AvgIpc) is 3.15. The molecular weight excluding hydrogens is 328 g/mol. The zero-order valence-corrected chi connectivity index (χ0v) is 15.8. The molecule has 1 aliphatic carbocycles. The number of aryl methyl sites for hydroxylation is 2. The Kier molecular flexibility index (Phi) is 4.50. The first-order valence-corrected chi connectivity index (χ1v) is 9.72. The molecule has 132 valence electrons. The monoisotopic (exact) mass is 354 g/mol. The fraction of sp³-hybridized carbons (Fsp3) is 0.500. The fourth-order valence-corrected chi connectivity index (χ4v) is 4.89. The molecule has 2 aliphatic rings. The van der Waals surface area contributed by atoms with Gasteiger partial charge in [-0.1, -0.05) is 25.3 Å². The first-order chi connectivity index (χ1) is 12.1. The van der Waals surface area contributed by atoms with Crippen LogP contribution >= 0.6 is 12.2 Å². The van der Waals surface area contributed by atoms with E-state index in [1.54, 1.807) is 0 Å². The second-order valence-corrected chi connectivity index (χ2v) is 7.75. The van der Waals surface area contributed by atoms with E-state index < -0.39 is 0 Å². The summed E-state index contributed by atoms with van der Waals surface area (Å²) in [7, 11) is 0. The van der Waals surface area contributed by atoms with Crippen LogP contribution in [0.25, 0.3) is 0 Å². The Morgan fingerprint density at radius 2 is 1.96 bits per heavy atom. The summed E-state index contributed by atoms with van der Waals surface area (Å²) in [6.45, 7) is 4.29. The van der Waals surface area contributed by atoms with Gasteiger partial charge in [0.05, 0.1) is 17.8 Å². The van der Waals surface area contributed by atoms with Crippen LogP contribution in [-0.2, 0) is 0 Å². The third-order valence-electron chi connectivity index (χ3n) is 5.61. The minimum Gasteiger partial charge on any atom is -0.362 e. The van der Waals surface area contributed by atoms with Gasteiger partial charge in [0.15, 0.2) is 5.11 Å². The van der Waals surface area contributed by atoms with Gasteiger partial charge in [-0.25, -0.2) is 0 Å². The van der Waals surface area contributed by atoms with Gasteiger partial charge in [0, 0.05) is 23.6 Å². The van der Waals surface area contributed by atoms with E-state index in [9.17, 15) is 0 Å². The van der Waals surface area contributed by atoms with Crippen molar-refractivity contribution in [2.45, 2.75) is 64.1 Å². The molecule has 2 aromatic heterocycles. The Morgan fingerprint density at radius 3 is 2.60 bits per heavy atom. The van der Waals surface area contributed by atoms with Crippen molar-refractivity contribution in [3.63, 3.8) is 0 Å². The van der Waals surface area contributed by atoms with Crippen molar-refractivity contribution in [2.75, 3.05) is 0 Å². The van der Waals surface area contributed by atoms with Gasteiger partial charge in [-0.2, -0.15) is 0 Å². The van der Waals surface area contributed by atoms with E-state index in [-0.39, 0.29) is 12.1 Å². The summed E-state index contributed by atoms with van der Waals surface area (Å²) in [4.78, 5) is 10.6. The van der Waals surface area contributed by atoms with Crippen molar-refractivity contribution in [1.82, 2.24) is 20.2 Å². The number of aromatic nitrogens is 2. The second-order valence-electron chi connectivity index (χ2n) is 7.36. The molecule has 2 atom stereocenters. The molecule has 0 spiro atoms. The van der Waals surface area contributed by atoms with Gasteiger partial charge in [-0.05, 0) is 62.7 Å². The van der Waals surface area contributed by atoms with Crippen LogP contribution in [0.2, 0.25) is 0 Å². The van der Waals surface area contributed by atoms with Crippen molar-refractivity contribution < 1.29 is 0 Å². The van der Waals surface area contributed by atoms with Crippen molar-refractivity contribution >= 4 is 17.3 Å². The van der Waals surface area contributed by atoms with Gasteiger partial charge in [0.25, 0.3) is 0 Å². The summed E-state index contributed by atoms with van der Waals surface area (Å²) in [5.74, 6) is 0. The van der Waals surface area contributed by atoms with Crippen LogP contribution < -0.4 is 5.32 Å². The number of hydrogen-bond donors (Lipinski definition) is 2. The number of hydrogen-bond acceptors (Lipinski definition) is 2. The molecule has 0 amide bonds. The lowest BCUT2D eigenvalue weighted by molar-refractivity contribution is 0.197. The predicted octanol–water partition coefficient (Wildman–Crippen LogP) is 4.33. The van der Waals surface area contributed by atoms with E-state index in [1.165, 1.54) is 49.1 Å². The van der Waals surface area contributed by atoms with Crippen LogP contribution in [0.4, 0.5) is 0 Å².